The van der Waals surface area contributed by atoms with Crippen LogP contribution in [0.3, 0.4) is 0 Å². The van der Waals surface area contributed by atoms with Gasteiger partial charge in [-0.25, -0.2) is 18.9 Å². The number of fused-ring (bicyclic) bond motifs is 1. The van der Waals surface area contributed by atoms with Gasteiger partial charge in [0.05, 0.1) is 12.1 Å². The Balaban J connectivity index is 1.55. The van der Waals surface area contributed by atoms with Gasteiger partial charge in [0.15, 0.2) is 5.82 Å². The van der Waals surface area contributed by atoms with Crippen molar-refractivity contribution >= 4 is 6.03 Å². The van der Waals surface area contributed by atoms with Crippen molar-refractivity contribution in [3.05, 3.63) is 47.3 Å². The number of urea groups is 1. The number of carbonyl (C=O) groups is 1. The molecule has 1 aliphatic heterocycles. The van der Waals surface area contributed by atoms with E-state index in [1.807, 2.05) is 11.6 Å². The average Bonchev–Trinajstić information content (AvgIpc) is 3.05. The van der Waals surface area contributed by atoms with Crippen LogP contribution in [-0.4, -0.2) is 32.4 Å². The number of amides is 2. The smallest absolute Gasteiger partial charge is 0.315 e. The number of nitrogens with one attached hydrogen (secondary N) is 2. The number of nitrogens with zero attached hydrogens (tertiary/aromatic N) is 3. The van der Waals surface area contributed by atoms with Gasteiger partial charge in [-0.05, 0) is 30.5 Å². The van der Waals surface area contributed by atoms with Crippen molar-refractivity contribution in [1.29, 1.82) is 0 Å². The molecule has 0 radical (unpaired) electrons. The summed E-state index contributed by atoms with van der Waals surface area (Å²) in [6, 6.07) is 4.98. The lowest BCUT2D eigenvalue weighted by atomic mass is 10.1. The van der Waals surface area contributed by atoms with E-state index in [2.05, 4.69) is 20.7 Å². The van der Waals surface area contributed by atoms with Gasteiger partial charge in [-0.3, -0.25) is 0 Å². The van der Waals surface area contributed by atoms with Gasteiger partial charge in [-0.15, -0.1) is 0 Å². The fourth-order valence-electron chi connectivity index (χ4n) is 2.89. The van der Waals surface area contributed by atoms with Crippen LogP contribution in [0.2, 0.25) is 0 Å². The number of benzene rings is 1. The molecule has 25 heavy (non-hydrogen) atoms. The van der Waals surface area contributed by atoms with Crippen LogP contribution in [0.5, 0.6) is 0 Å². The van der Waals surface area contributed by atoms with Crippen LogP contribution in [0.4, 0.5) is 9.18 Å². The topological polar surface area (TPSA) is 92.1 Å². The van der Waals surface area contributed by atoms with Gasteiger partial charge in [-0.1, -0.05) is 19.1 Å². The highest BCUT2D eigenvalue weighted by molar-refractivity contribution is 5.74. The second-order valence-corrected chi connectivity index (χ2v) is 6.08. The van der Waals surface area contributed by atoms with Crippen LogP contribution < -0.4 is 10.6 Å². The van der Waals surface area contributed by atoms with Gasteiger partial charge >= 0.3 is 6.03 Å². The number of aliphatic hydroxyl groups is 1. The minimum atomic E-state index is -0.895. The number of aromatic nitrogens is 3. The third kappa shape index (κ3) is 4.14. The predicted molar refractivity (Wildman–Crippen MR) is 89.3 cm³/mol. The largest absolute Gasteiger partial charge is 0.387 e. The molecule has 2 atom stereocenters. The van der Waals surface area contributed by atoms with E-state index in [4.69, 9.17) is 0 Å². The summed E-state index contributed by atoms with van der Waals surface area (Å²) < 4.78 is 14.7. The van der Waals surface area contributed by atoms with Crippen LogP contribution in [0.1, 0.15) is 49.1 Å². The molecule has 1 aliphatic rings. The SMILES string of the molecule is CCc1nc2n(n1)CCCC2NC(=O)NCC(O)c1ccc(F)cc1. The first kappa shape index (κ1) is 17.3. The van der Waals surface area contributed by atoms with Gasteiger partial charge in [0.1, 0.15) is 11.6 Å². The molecule has 0 fully saturated rings. The molecule has 0 saturated heterocycles. The van der Waals surface area contributed by atoms with Gasteiger partial charge in [-0.2, -0.15) is 5.10 Å². The van der Waals surface area contributed by atoms with E-state index >= 15 is 0 Å². The van der Waals surface area contributed by atoms with Gasteiger partial charge in [0.25, 0.3) is 0 Å². The summed E-state index contributed by atoms with van der Waals surface area (Å²) in [5.74, 6) is 1.18. The number of aryl methyl sites for hydroxylation is 2. The zero-order chi connectivity index (χ0) is 17.8. The molecule has 134 valence electrons. The van der Waals surface area contributed by atoms with Crippen LogP contribution in [0.15, 0.2) is 24.3 Å². The van der Waals surface area contributed by atoms with E-state index in [9.17, 15) is 14.3 Å². The van der Waals surface area contributed by atoms with Crippen molar-refractivity contribution < 1.29 is 14.3 Å². The lowest BCUT2D eigenvalue weighted by Gasteiger charge is -2.23. The third-order valence-corrected chi connectivity index (χ3v) is 4.25. The second kappa shape index (κ2) is 7.60. The standard InChI is InChI=1S/C17H22FN5O2/c1-2-15-21-16-13(4-3-9-23(16)22-15)20-17(25)19-10-14(24)11-5-7-12(18)8-6-11/h5-8,13-14,24H,2-4,9-10H2,1H3,(H2,19,20,25). The maximum absolute atomic E-state index is 12.9. The normalized spacial score (nSPS) is 17.6. The quantitative estimate of drug-likeness (QED) is 0.770. The molecule has 0 spiro atoms. The number of carbonyl (C=O) groups excluding carboxylic acids is 1. The Hall–Kier alpha value is -2.48. The van der Waals surface area contributed by atoms with Crippen molar-refractivity contribution in [2.24, 2.45) is 0 Å². The summed E-state index contributed by atoms with van der Waals surface area (Å²) in [6.07, 6.45) is 1.58. The first-order valence-corrected chi connectivity index (χ1v) is 8.48. The molecule has 3 rings (SSSR count). The van der Waals surface area contributed by atoms with E-state index in [1.165, 1.54) is 24.3 Å². The summed E-state index contributed by atoms with van der Waals surface area (Å²) in [7, 11) is 0. The van der Waals surface area contributed by atoms with Gasteiger partial charge in [0, 0.05) is 19.5 Å². The number of aliphatic hydroxyl groups excluding tert-OH is 1. The van der Waals surface area contributed by atoms with Gasteiger partial charge < -0.3 is 15.7 Å². The second-order valence-electron chi connectivity index (χ2n) is 6.08. The van der Waals surface area contributed by atoms with Crippen molar-refractivity contribution in [2.45, 2.75) is 44.9 Å². The highest BCUT2D eigenvalue weighted by atomic mass is 19.1. The lowest BCUT2D eigenvalue weighted by Crippen LogP contribution is -2.41. The highest BCUT2D eigenvalue weighted by Crippen LogP contribution is 2.23. The Labute approximate surface area is 145 Å². The molecule has 7 nitrogen and oxygen atoms in total. The third-order valence-electron chi connectivity index (χ3n) is 4.25. The first-order valence-electron chi connectivity index (χ1n) is 8.48. The fourth-order valence-corrected chi connectivity index (χ4v) is 2.89. The van der Waals surface area contributed by atoms with E-state index in [1.54, 1.807) is 0 Å². The molecule has 3 N–H and O–H groups in total. The number of hydrogen-bond acceptors (Lipinski definition) is 4. The Morgan fingerprint density at radius 2 is 2.20 bits per heavy atom. The molecule has 2 amide bonds. The maximum atomic E-state index is 12.9. The molecule has 0 aliphatic carbocycles. The lowest BCUT2D eigenvalue weighted by molar-refractivity contribution is 0.172. The first-order chi connectivity index (χ1) is 12.1. The summed E-state index contributed by atoms with van der Waals surface area (Å²) in [5.41, 5.74) is 0.548. The minimum Gasteiger partial charge on any atom is -0.387 e. The monoisotopic (exact) mass is 347 g/mol. The van der Waals surface area contributed by atoms with E-state index in [0.29, 0.717) is 5.56 Å². The van der Waals surface area contributed by atoms with Crippen molar-refractivity contribution in [3.63, 3.8) is 0 Å². The molecular formula is C17H22FN5O2. The minimum absolute atomic E-state index is 0.0388. The highest BCUT2D eigenvalue weighted by Gasteiger charge is 2.25. The van der Waals surface area contributed by atoms with Crippen LogP contribution in [0, 0.1) is 5.82 Å². The zero-order valence-electron chi connectivity index (χ0n) is 14.1. The number of halogens is 1. The summed E-state index contributed by atoms with van der Waals surface area (Å²) >= 11 is 0. The van der Waals surface area contributed by atoms with E-state index < -0.39 is 6.10 Å². The van der Waals surface area contributed by atoms with E-state index in [0.717, 1.165) is 37.5 Å². The average molecular weight is 347 g/mol. The molecule has 2 unspecified atom stereocenters. The van der Waals surface area contributed by atoms with Gasteiger partial charge in [0.2, 0.25) is 0 Å². The Kier molecular flexibility index (Phi) is 5.28. The van der Waals surface area contributed by atoms with Crippen LogP contribution >= 0.6 is 0 Å². The molecule has 2 aromatic rings. The molecule has 8 heteroatoms. The summed E-state index contributed by atoms with van der Waals surface area (Å²) in [6.45, 7) is 2.84. The van der Waals surface area contributed by atoms with Crippen LogP contribution in [-0.2, 0) is 13.0 Å². The van der Waals surface area contributed by atoms with Crippen molar-refractivity contribution in [1.82, 2.24) is 25.4 Å². The Morgan fingerprint density at radius 1 is 1.44 bits per heavy atom. The molecule has 0 bridgehead atoms. The van der Waals surface area contributed by atoms with Crippen molar-refractivity contribution in [3.8, 4) is 0 Å². The number of hydrogen-bond donors (Lipinski definition) is 3. The van der Waals surface area contributed by atoms with Crippen LogP contribution in [0.25, 0.3) is 0 Å². The predicted octanol–water partition coefficient (Wildman–Crippen LogP) is 1.85. The fraction of sp³-hybridized carbons (Fsp3) is 0.471. The molecule has 0 saturated carbocycles. The molecule has 2 heterocycles. The Morgan fingerprint density at radius 3 is 2.92 bits per heavy atom. The zero-order valence-corrected chi connectivity index (χ0v) is 14.1. The summed E-state index contributed by atoms with van der Waals surface area (Å²) in [4.78, 5) is 16.6. The van der Waals surface area contributed by atoms with E-state index in [-0.39, 0.29) is 24.4 Å². The molecular weight excluding hydrogens is 325 g/mol. The summed E-state index contributed by atoms with van der Waals surface area (Å²) in [5, 5.41) is 20.0. The number of rotatable bonds is 5. The molecule has 1 aromatic heterocycles. The maximum Gasteiger partial charge on any atom is 0.315 e. The Bertz CT molecular complexity index is 731. The molecule has 1 aromatic carbocycles. The van der Waals surface area contributed by atoms with Crippen molar-refractivity contribution in [2.75, 3.05) is 6.54 Å².